The van der Waals surface area contributed by atoms with E-state index in [0.29, 0.717) is 39.7 Å². The summed E-state index contributed by atoms with van der Waals surface area (Å²) in [4.78, 5) is 17.7. The second-order valence-electron chi connectivity index (χ2n) is 8.73. The molecule has 0 saturated heterocycles. The zero-order valence-corrected chi connectivity index (χ0v) is 20.8. The molecule has 180 valence electrons. The van der Waals surface area contributed by atoms with Crippen LogP contribution in [0.5, 0.6) is 5.75 Å². The number of thioether (sulfide) groups is 1. The lowest BCUT2D eigenvalue weighted by Crippen LogP contribution is -2.07. The molecular weight excluding hydrogens is 478 g/mol. The van der Waals surface area contributed by atoms with E-state index < -0.39 is 0 Å². The topological polar surface area (TPSA) is 52.3 Å². The average molecular weight is 502 g/mol. The summed E-state index contributed by atoms with van der Waals surface area (Å²) in [7, 11) is 0. The maximum absolute atomic E-state index is 13.7. The van der Waals surface area contributed by atoms with Gasteiger partial charge in [0, 0.05) is 24.2 Å². The molecule has 0 bridgehead atoms. The number of fused-ring (bicyclic) bond motifs is 2. The molecule has 0 aliphatic heterocycles. The lowest BCUT2D eigenvalue weighted by Gasteiger charge is -2.12. The lowest BCUT2D eigenvalue weighted by atomic mass is 10.1. The third-order valence-electron chi connectivity index (χ3n) is 6.23. The van der Waals surface area contributed by atoms with Crippen LogP contribution in [-0.2, 0) is 12.4 Å². The number of benzene rings is 4. The molecule has 0 atom stereocenters. The summed E-state index contributed by atoms with van der Waals surface area (Å²) in [5.74, 6) is 1.32. The Morgan fingerprint density at radius 1 is 0.757 bits per heavy atom. The Bertz CT molecular complexity index is 1750. The summed E-state index contributed by atoms with van der Waals surface area (Å²) in [5, 5.41) is 3.50. The minimum absolute atomic E-state index is 0.0502. The molecule has 0 fully saturated rings. The smallest absolute Gasteiger partial charge is 0.201 e. The predicted octanol–water partition coefficient (Wildman–Crippen LogP) is 7.88. The maximum Gasteiger partial charge on any atom is 0.201 e. The van der Waals surface area contributed by atoms with Crippen LogP contribution in [0.15, 0.2) is 130 Å². The molecule has 6 rings (SSSR count). The Morgan fingerprint density at radius 3 is 2.38 bits per heavy atom. The summed E-state index contributed by atoms with van der Waals surface area (Å²) in [5.41, 5.74) is 4.06. The van der Waals surface area contributed by atoms with Crippen LogP contribution in [0.2, 0.25) is 0 Å². The van der Waals surface area contributed by atoms with Gasteiger partial charge in [-0.3, -0.25) is 9.78 Å². The van der Waals surface area contributed by atoms with Crippen molar-refractivity contribution in [2.24, 2.45) is 0 Å². The second-order valence-corrected chi connectivity index (χ2v) is 9.68. The Kier molecular flexibility index (Phi) is 6.44. The first kappa shape index (κ1) is 23.1. The molecular formula is C32H23NO3S. The van der Waals surface area contributed by atoms with Crippen LogP contribution in [0.3, 0.4) is 0 Å². The highest BCUT2D eigenvalue weighted by Gasteiger charge is 2.17. The van der Waals surface area contributed by atoms with Crippen molar-refractivity contribution in [1.29, 1.82) is 0 Å². The number of ether oxygens (including phenoxy) is 1. The molecule has 0 aliphatic rings. The van der Waals surface area contributed by atoms with Gasteiger partial charge in [0.15, 0.2) is 5.09 Å². The third kappa shape index (κ3) is 4.99. The molecule has 5 heteroatoms. The SMILES string of the molecule is O=c1c(-c2ccccc2)c(SCc2ccncc2)oc2cc(OCc3ccc4ccccc4c3)ccc12. The van der Waals surface area contributed by atoms with Gasteiger partial charge in [0.05, 0.1) is 10.9 Å². The van der Waals surface area contributed by atoms with Crippen LogP contribution in [0.25, 0.3) is 32.9 Å². The van der Waals surface area contributed by atoms with E-state index >= 15 is 0 Å². The zero-order valence-electron chi connectivity index (χ0n) is 20.0. The average Bonchev–Trinajstić information content (AvgIpc) is 2.96. The molecule has 0 unspecified atom stereocenters. The van der Waals surface area contributed by atoms with Crippen molar-refractivity contribution in [3.63, 3.8) is 0 Å². The molecule has 2 heterocycles. The van der Waals surface area contributed by atoms with Gasteiger partial charge in [0.1, 0.15) is 17.9 Å². The van der Waals surface area contributed by atoms with Crippen molar-refractivity contribution in [3.8, 4) is 16.9 Å². The molecule has 4 nitrogen and oxygen atoms in total. The van der Waals surface area contributed by atoms with Crippen molar-refractivity contribution < 1.29 is 9.15 Å². The molecule has 4 aromatic carbocycles. The minimum Gasteiger partial charge on any atom is -0.489 e. The molecule has 2 aromatic heterocycles. The number of nitrogens with zero attached hydrogens (tertiary/aromatic N) is 1. The van der Waals surface area contributed by atoms with E-state index in [-0.39, 0.29) is 5.43 Å². The number of pyridine rings is 1. The Morgan fingerprint density at radius 2 is 1.54 bits per heavy atom. The van der Waals surface area contributed by atoms with Gasteiger partial charge in [-0.25, -0.2) is 0 Å². The highest BCUT2D eigenvalue weighted by molar-refractivity contribution is 7.98. The van der Waals surface area contributed by atoms with Gasteiger partial charge in [-0.2, -0.15) is 0 Å². The maximum atomic E-state index is 13.7. The summed E-state index contributed by atoms with van der Waals surface area (Å²) >= 11 is 1.51. The first-order valence-electron chi connectivity index (χ1n) is 12.0. The van der Waals surface area contributed by atoms with Gasteiger partial charge in [-0.15, -0.1) is 0 Å². The van der Waals surface area contributed by atoms with Crippen LogP contribution in [0, 0.1) is 0 Å². The highest BCUT2D eigenvalue weighted by atomic mass is 32.2. The molecule has 6 aromatic rings. The quantitative estimate of drug-likeness (QED) is 0.208. The van der Waals surface area contributed by atoms with E-state index in [1.807, 2.05) is 66.7 Å². The molecule has 0 amide bonds. The molecule has 37 heavy (non-hydrogen) atoms. The Balaban J connectivity index is 1.33. The van der Waals surface area contributed by atoms with Crippen molar-refractivity contribution in [2.45, 2.75) is 17.5 Å². The van der Waals surface area contributed by atoms with Crippen molar-refractivity contribution >= 4 is 33.5 Å². The molecule has 0 spiro atoms. The van der Waals surface area contributed by atoms with E-state index in [9.17, 15) is 4.79 Å². The van der Waals surface area contributed by atoms with Gasteiger partial charge in [-0.1, -0.05) is 78.5 Å². The van der Waals surface area contributed by atoms with E-state index in [1.165, 1.54) is 22.5 Å². The van der Waals surface area contributed by atoms with Gasteiger partial charge < -0.3 is 9.15 Å². The van der Waals surface area contributed by atoms with Crippen LogP contribution >= 0.6 is 11.8 Å². The number of aromatic nitrogens is 1. The fourth-order valence-electron chi connectivity index (χ4n) is 4.32. The highest BCUT2D eigenvalue weighted by Crippen LogP contribution is 2.34. The number of hydrogen-bond acceptors (Lipinski definition) is 5. The number of hydrogen-bond donors (Lipinski definition) is 0. The molecule has 0 saturated carbocycles. The fourth-order valence-corrected chi connectivity index (χ4v) is 5.32. The largest absolute Gasteiger partial charge is 0.489 e. The van der Waals surface area contributed by atoms with E-state index in [4.69, 9.17) is 9.15 Å². The Labute approximate surface area is 218 Å². The van der Waals surface area contributed by atoms with Crippen LogP contribution in [0.4, 0.5) is 0 Å². The first-order valence-corrected chi connectivity index (χ1v) is 13.0. The Hall–Kier alpha value is -4.35. The summed E-state index contributed by atoms with van der Waals surface area (Å²) < 4.78 is 12.5. The summed E-state index contributed by atoms with van der Waals surface area (Å²) in [6.45, 7) is 0.423. The van der Waals surface area contributed by atoms with E-state index in [0.717, 1.165) is 16.7 Å². The normalized spacial score (nSPS) is 11.1. The first-order chi connectivity index (χ1) is 18.2. The predicted molar refractivity (Wildman–Crippen MR) is 150 cm³/mol. The van der Waals surface area contributed by atoms with Crippen molar-refractivity contribution in [3.05, 3.63) is 137 Å². The van der Waals surface area contributed by atoms with Crippen molar-refractivity contribution in [1.82, 2.24) is 4.98 Å². The van der Waals surface area contributed by atoms with Crippen LogP contribution in [-0.4, -0.2) is 4.98 Å². The van der Waals surface area contributed by atoms with Gasteiger partial charge in [0.25, 0.3) is 0 Å². The fraction of sp³-hybridized carbons (Fsp3) is 0.0625. The van der Waals surface area contributed by atoms with E-state index in [1.54, 1.807) is 18.5 Å². The van der Waals surface area contributed by atoms with Crippen LogP contribution < -0.4 is 10.2 Å². The van der Waals surface area contributed by atoms with Gasteiger partial charge >= 0.3 is 0 Å². The minimum atomic E-state index is -0.0502. The third-order valence-corrected chi connectivity index (χ3v) is 7.26. The van der Waals surface area contributed by atoms with E-state index in [2.05, 4.69) is 35.3 Å². The molecule has 0 aliphatic carbocycles. The molecule has 0 radical (unpaired) electrons. The standard InChI is InChI=1S/C32H23NO3S/c34-31-28-13-12-27(35-20-23-10-11-24-6-4-5-9-26(24)18-23)19-29(28)36-32(30(31)25-7-2-1-3-8-25)37-21-22-14-16-33-17-15-22/h1-19H,20-21H2. The van der Waals surface area contributed by atoms with Gasteiger partial charge in [0.2, 0.25) is 5.43 Å². The summed E-state index contributed by atoms with van der Waals surface area (Å²) in [6.07, 6.45) is 3.54. The van der Waals surface area contributed by atoms with Gasteiger partial charge in [-0.05, 0) is 57.8 Å². The number of rotatable bonds is 7. The van der Waals surface area contributed by atoms with Crippen LogP contribution in [0.1, 0.15) is 11.1 Å². The van der Waals surface area contributed by atoms with Crippen molar-refractivity contribution in [2.75, 3.05) is 0 Å². The second kappa shape index (κ2) is 10.3. The zero-order chi connectivity index (χ0) is 25.0. The molecule has 0 N–H and O–H groups in total. The lowest BCUT2D eigenvalue weighted by molar-refractivity contribution is 0.306. The summed E-state index contributed by atoms with van der Waals surface area (Å²) in [6, 6.07) is 33.6. The monoisotopic (exact) mass is 501 g/mol.